The Hall–Kier alpha value is -1.86. The number of rotatable bonds is 2. The first-order chi connectivity index (χ1) is 7.16. The Bertz CT molecular complexity index is 430. The Morgan fingerprint density at radius 1 is 1.53 bits per heavy atom. The highest BCUT2D eigenvalue weighted by atomic mass is 16.6. The Kier molecular flexibility index (Phi) is 3.83. The van der Waals surface area contributed by atoms with Gasteiger partial charge in [-0.3, -0.25) is 10.1 Å². The molecule has 0 saturated heterocycles. The average molecular weight is 204 g/mol. The third-order valence-electron chi connectivity index (χ3n) is 1.93. The average Bonchev–Trinajstić information content (AvgIpc) is 2.20. The fourth-order valence-electron chi connectivity index (χ4n) is 1.19. The number of nitrogens with zero attached hydrogens (tertiary/aromatic N) is 1. The Labute approximate surface area is 88.2 Å². The molecule has 0 aliphatic carbocycles. The lowest BCUT2D eigenvalue weighted by Gasteiger charge is -1.98. The molecule has 4 heteroatoms. The summed E-state index contributed by atoms with van der Waals surface area (Å²) in [4.78, 5) is 10.3. The van der Waals surface area contributed by atoms with E-state index in [4.69, 9.17) is 5.73 Å². The number of benzene rings is 1. The normalized spacial score (nSPS) is 9.20. The first-order valence-electron chi connectivity index (χ1n) is 4.59. The second-order valence-corrected chi connectivity index (χ2v) is 3.07. The van der Waals surface area contributed by atoms with E-state index < -0.39 is 4.92 Å². The van der Waals surface area contributed by atoms with Gasteiger partial charge in [0.25, 0.3) is 5.69 Å². The zero-order valence-electron chi connectivity index (χ0n) is 8.49. The van der Waals surface area contributed by atoms with E-state index in [0.29, 0.717) is 18.5 Å². The van der Waals surface area contributed by atoms with Crippen LogP contribution in [0.15, 0.2) is 18.2 Å². The molecule has 78 valence electrons. The van der Waals surface area contributed by atoms with E-state index in [1.165, 1.54) is 6.07 Å². The molecule has 0 unspecified atom stereocenters. The molecule has 0 spiro atoms. The summed E-state index contributed by atoms with van der Waals surface area (Å²) < 4.78 is 0. The quantitative estimate of drug-likeness (QED) is 0.452. The SMILES string of the molecule is Cc1cccc([N+](=O)[O-])c1C#CCCN. The molecule has 1 rings (SSSR count). The summed E-state index contributed by atoms with van der Waals surface area (Å²) in [5.41, 5.74) is 6.64. The molecule has 0 amide bonds. The molecule has 1 aromatic carbocycles. The summed E-state index contributed by atoms with van der Waals surface area (Å²) in [5.74, 6) is 5.60. The summed E-state index contributed by atoms with van der Waals surface area (Å²) in [7, 11) is 0. The molecule has 0 saturated carbocycles. The molecule has 0 heterocycles. The molecule has 1 aromatic rings. The number of aryl methyl sites for hydroxylation is 1. The summed E-state index contributed by atoms with van der Waals surface area (Å²) in [5, 5.41) is 10.7. The van der Waals surface area contributed by atoms with Gasteiger partial charge >= 0.3 is 0 Å². The largest absolute Gasteiger partial charge is 0.330 e. The maximum Gasteiger partial charge on any atom is 0.285 e. The van der Waals surface area contributed by atoms with Gasteiger partial charge < -0.3 is 5.73 Å². The van der Waals surface area contributed by atoms with Crippen LogP contribution < -0.4 is 5.73 Å². The van der Waals surface area contributed by atoms with Crippen LogP contribution in [0.3, 0.4) is 0 Å². The molecule has 0 aliphatic rings. The van der Waals surface area contributed by atoms with Crippen LogP contribution in [-0.4, -0.2) is 11.5 Å². The maximum atomic E-state index is 10.7. The van der Waals surface area contributed by atoms with E-state index in [1.54, 1.807) is 19.1 Å². The third-order valence-corrected chi connectivity index (χ3v) is 1.93. The van der Waals surface area contributed by atoms with Crippen LogP contribution in [0.4, 0.5) is 5.69 Å². The number of hydrogen-bond donors (Lipinski definition) is 1. The van der Waals surface area contributed by atoms with E-state index in [0.717, 1.165) is 5.56 Å². The van der Waals surface area contributed by atoms with Crippen molar-refractivity contribution in [1.82, 2.24) is 0 Å². The molecular formula is C11H12N2O2. The van der Waals surface area contributed by atoms with Crippen LogP contribution in [0.1, 0.15) is 17.5 Å². The highest BCUT2D eigenvalue weighted by Gasteiger charge is 2.12. The zero-order valence-corrected chi connectivity index (χ0v) is 8.49. The molecule has 0 radical (unpaired) electrons. The first-order valence-corrected chi connectivity index (χ1v) is 4.59. The van der Waals surface area contributed by atoms with Crippen molar-refractivity contribution in [3.05, 3.63) is 39.4 Å². The fourth-order valence-corrected chi connectivity index (χ4v) is 1.19. The van der Waals surface area contributed by atoms with Gasteiger partial charge in [-0.05, 0) is 12.5 Å². The Morgan fingerprint density at radius 3 is 2.87 bits per heavy atom. The van der Waals surface area contributed by atoms with Crippen molar-refractivity contribution in [2.24, 2.45) is 5.73 Å². The van der Waals surface area contributed by atoms with Gasteiger partial charge in [-0.2, -0.15) is 0 Å². The highest BCUT2D eigenvalue weighted by molar-refractivity contribution is 5.55. The molecule has 0 bridgehead atoms. The minimum Gasteiger partial charge on any atom is -0.330 e. The number of nitro benzene ring substituents is 1. The van der Waals surface area contributed by atoms with Crippen LogP contribution in [-0.2, 0) is 0 Å². The van der Waals surface area contributed by atoms with E-state index in [2.05, 4.69) is 11.8 Å². The van der Waals surface area contributed by atoms with Gasteiger partial charge in [0, 0.05) is 19.0 Å². The third kappa shape index (κ3) is 2.79. The topological polar surface area (TPSA) is 69.2 Å². The van der Waals surface area contributed by atoms with Gasteiger partial charge in [0.2, 0.25) is 0 Å². The van der Waals surface area contributed by atoms with Crippen molar-refractivity contribution in [2.45, 2.75) is 13.3 Å². The molecule has 0 fully saturated rings. The van der Waals surface area contributed by atoms with Gasteiger partial charge in [-0.15, -0.1) is 0 Å². The van der Waals surface area contributed by atoms with Crippen molar-refractivity contribution in [1.29, 1.82) is 0 Å². The predicted octanol–water partition coefficient (Wildman–Crippen LogP) is 1.60. The molecule has 0 aliphatic heterocycles. The predicted molar refractivity (Wildman–Crippen MR) is 58.4 cm³/mol. The molecule has 2 N–H and O–H groups in total. The monoisotopic (exact) mass is 204 g/mol. The Balaban J connectivity index is 3.15. The lowest BCUT2D eigenvalue weighted by Crippen LogP contribution is -1.97. The molecule has 0 atom stereocenters. The smallest absolute Gasteiger partial charge is 0.285 e. The van der Waals surface area contributed by atoms with E-state index >= 15 is 0 Å². The Morgan fingerprint density at radius 2 is 2.27 bits per heavy atom. The van der Waals surface area contributed by atoms with E-state index in [9.17, 15) is 10.1 Å². The van der Waals surface area contributed by atoms with Gasteiger partial charge in [0.15, 0.2) is 0 Å². The fraction of sp³-hybridized carbons (Fsp3) is 0.273. The van der Waals surface area contributed by atoms with E-state index in [-0.39, 0.29) is 5.69 Å². The van der Waals surface area contributed by atoms with Crippen LogP contribution in [0.25, 0.3) is 0 Å². The van der Waals surface area contributed by atoms with Crippen molar-refractivity contribution >= 4 is 5.69 Å². The highest BCUT2D eigenvalue weighted by Crippen LogP contribution is 2.20. The minimum absolute atomic E-state index is 0.0551. The zero-order chi connectivity index (χ0) is 11.3. The lowest BCUT2D eigenvalue weighted by molar-refractivity contribution is -0.385. The summed E-state index contributed by atoms with van der Waals surface area (Å²) in [6.45, 7) is 2.27. The van der Waals surface area contributed by atoms with Crippen LogP contribution in [0, 0.1) is 28.9 Å². The van der Waals surface area contributed by atoms with Crippen LogP contribution >= 0.6 is 0 Å². The number of nitro groups is 1. The van der Waals surface area contributed by atoms with Crippen LogP contribution in [0.2, 0.25) is 0 Å². The molecule has 15 heavy (non-hydrogen) atoms. The van der Waals surface area contributed by atoms with Crippen molar-refractivity contribution < 1.29 is 4.92 Å². The number of hydrogen-bond acceptors (Lipinski definition) is 3. The summed E-state index contributed by atoms with van der Waals surface area (Å²) in [6, 6.07) is 4.92. The van der Waals surface area contributed by atoms with Gasteiger partial charge in [0.1, 0.15) is 5.56 Å². The first kappa shape index (κ1) is 11.2. The van der Waals surface area contributed by atoms with Gasteiger partial charge in [0.05, 0.1) is 4.92 Å². The van der Waals surface area contributed by atoms with Gasteiger partial charge in [-0.1, -0.05) is 24.0 Å². The van der Waals surface area contributed by atoms with E-state index in [1.807, 2.05) is 0 Å². The van der Waals surface area contributed by atoms with Crippen molar-refractivity contribution in [3.63, 3.8) is 0 Å². The number of nitrogens with two attached hydrogens (primary N) is 1. The molecule has 4 nitrogen and oxygen atoms in total. The maximum absolute atomic E-state index is 10.7. The van der Waals surface area contributed by atoms with Crippen LogP contribution in [0.5, 0.6) is 0 Å². The standard InChI is InChI=1S/C11H12N2O2/c1-9-5-4-7-11(13(14)15)10(9)6-2-3-8-12/h4-5,7H,3,8,12H2,1H3. The lowest BCUT2D eigenvalue weighted by atomic mass is 10.1. The molecule has 0 aromatic heterocycles. The second kappa shape index (κ2) is 5.13. The minimum atomic E-state index is -0.417. The molecular weight excluding hydrogens is 192 g/mol. The van der Waals surface area contributed by atoms with Gasteiger partial charge in [-0.25, -0.2) is 0 Å². The summed E-state index contributed by atoms with van der Waals surface area (Å²) >= 11 is 0. The van der Waals surface area contributed by atoms with Crippen molar-refractivity contribution in [3.8, 4) is 11.8 Å². The summed E-state index contributed by atoms with van der Waals surface area (Å²) in [6.07, 6.45) is 0.547. The van der Waals surface area contributed by atoms with Crippen molar-refractivity contribution in [2.75, 3.05) is 6.54 Å². The second-order valence-electron chi connectivity index (χ2n) is 3.07.